The van der Waals surface area contributed by atoms with E-state index in [1.165, 1.54) is 0 Å². The zero-order chi connectivity index (χ0) is 13.9. The molecule has 1 aliphatic rings. The highest BCUT2D eigenvalue weighted by atomic mass is 35.5. The molecule has 1 aromatic carbocycles. The summed E-state index contributed by atoms with van der Waals surface area (Å²) in [6.07, 6.45) is 1.67. The summed E-state index contributed by atoms with van der Waals surface area (Å²) in [5.74, 6) is -0.183. The molecule has 106 valence electrons. The molecule has 5 heteroatoms. The number of hydrogen-bond donors (Lipinski definition) is 0. The fourth-order valence-corrected chi connectivity index (χ4v) is 2.90. The summed E-state index contributed by atoms with van der Waals surface area (Å²) < 4.78 is 17.3. The van der Waals surface area contributed by atoms with Gasteiger partial charge in [-0.2, -0.15) is 0 Å². The van der Waals surface area contributed by atoms with Gasteiger partial charge in [0.15, 0.2) is 5.79 Å². The van der Waals surface area contributed by atoms with Gasteiger partial charge in [-0.15, -0.1) is 0 Å². The lowest BCUT2D eigenvalue weighted by Gasteiger charge is -2.29. The third-order valence-electron chi connectivity index (χ3n) is 3.04. The van der Waals surface area contributed by atoms with Crippen molar-refractivity contribution in [2.75, 3.05) is 19.8 Å². The van der Waals surface area contributed by atoms with E-state index in [0.29, 0.717) is 35.6 Å². The summed E-state index contributed by atoms with van der Waals surface area (Å²) in [6.45, 7) is 5.65. The molecule has 1 aromatic rings. The SMILES string of the molecule is CCCC1(c2cc(Cl)cc(Cl)c2OCC)OCCO1. The average Bonchev–Trinajstić information content (AvgIpc) is 2.82. The average molecular weight is 305 g/mol. The van der Waals surface area contributed by atoms with Gasteiger partial charge in [0.2, 0.25) is 0 Å². The summed E-state index contributed by atoms with van der Waals surface area (Å²) >= 11 is 12.3. The largest absolute Gasteiger partial charge is 0.492 e. The van der Waals surface area contributed by atoms with Gasteiger partial charge in [0, 0.05) is 11.4 Å². The molecule has 0 aliphatic carbocycles. The van der Waals surface area contributed by atoms with Gasteiger partial charge < -0.3 is 14.2 Å². The molecule has 1 fully saturated rings. The van der Waals surface area contributed by atoms with Crippen molar-refractivity contribution in [3.63, 3.8) is 0 Å². The second-order valence-corrected chi connectivity index (χ2v) is 5.24. The number of halogens is 2. The van der Waals surface area contributed by atoms with E-state index in [9.17, 15) is 0 Å². The van der Waals surface area contributed by atoms with Crippen LogP contribution in [0.5, 0.6) is 5.75 Å². The van der Waals surface area contributed by atoms with Crippen LogP contribution in [-0.4, -0.2) is 19.8 Å². The lowest BCUT2D eigenvalue weighted by Crippen LogP contribution is -2.28. The van der Waals surface area contributed by atoms with Gasteiger partial charge in [-0.1, -0.05) is 36.5 Å². The van der Waals surface area contributed by atoms with Crippen LogP contribution in [-0.2, 0) is 15.3 Å². The zero-order valence-corrected chi connectivity index (χ0v) is 12.7. The van der Waals surface area contributed by atoms with Gasteiger partial charge in [-0.25, -0.2) is 0 Å². The summed E-state index contributed by atoms with van der Waals surface area (Å²) in [6, 6.07) is 3.49. The summed E-state index contributed by atoms with van der Waals surface area (Å²) in [4.78, 5) is 0. The third-order valence-corrected chi connectivity index (χ3v) is 3.54. The first-order valence-electron chi connectivity index (χ1n) is 6.53. The molecule has 1 heterocycles. The highest BCUT2D eigenvalue weighted by Crippen LogP contribution is 2.45. The van der Waals surface area contributed by atoms with Crippen LogP contribution in [0.25, 0.3) is 0 Å². The van der Waals surface area contributed by atoms with Crippen LogP contribution in [0.15, 0.2) is 12.1 Å². The first kappa shape index (κ1) is 14.9. The molecule has 3 nitrogen and oxygen atoms in total. The number of rotatable bonds is 5. The van der Waals surface area contributed by atoms with Crippen LogP contribution in [0.2, 0.25) is 10.0 Å². The Balaban J connectivity index is 2.51. The van der Waals surface area contributed by atoms with Crippen LogP contribution < -0.4 is 4.74 Å². The molecule has 0 spiro atoms. The van der Waals surface area contributed by atoms with Crippen molar-refractivity contribution in [3.8, 4) is 5.75 Å². The van der Waals surface area contributed by atoms with E-state index >= 15 is 0 Å². The molecular formula is C14H18Cl2O3. The van der Waals surface area contributed by atoms with Crippen molar-refractivity contribution in [2.45, 2.75) is 32.5 Å². The molecule has 0 saturated carbocycles. The minimum absolute atomic E-state index is 0.485. The molecule has 0 radical (unpaired) electrons. The van der Waals surface area contributed by atoms with Gasteiger partial charge in [-0.05, 0) is 19.1 Å². The molecule has 0 atom stereocenters. The Labute approximate surface area is 123 Å². The Morgan fingerprint density at radius 2 is 1.89 bits per heavy atom. The molecule has 1 aliphatic heterocycles. The maximum atomic E-state index is 6.23. The molecule has 0 aromatic heterocycles. The monoisotopic (exact) mass is 304 g/mol. The van der Waals surface area contributed by atoms with Crippen molar-refractivity contribution in [1.29, 1.82) is 0 Å². The molecule has 1 saturated heterocycles. The maximum absolute atomic E-state index is 6.23. The Hall–Kier alpha value is -0.480. The Morgan fingerprint density at radius 1 is 1.21 bits per heavy atom. The standard InChI is InChI=1S/C14H18Cl2O3/c1-3-5-14(18-6-7-19-14)11-8-10(15)9-12(16)13(11)17-4-2/h8-9H,3-7H2,1-2H3. The number of benzene rings is 1. The molecule has 0 amide bonds. The van der Waals surface area contributed by atoms with Crippen molar-refractivity contribution in [3.05, 3.63) is 27.7 Å². The lowest BCUT2D eigenvalue weighted by atomic mass is 9.99. The minimum Gasteiger partial charge on any atom is -0.492 e. The third kappa shape index (κ3) is 3.00. The van der Waals surface area contributed by atoms with Crippen LogP contribution >= 0.6 is 23.2 Å². The van der Waals surface area contributed by atoms with Crippen molar-refractivity contribution >= 4 is 23.2 Å². The van der Waals surface area contributed by atoms with E-state index in [1.54, 1.807) is 6.07 Å². The maximum Gasteiger partial charge on any atom is 0.198 e. The summed E-state index contributed by atoms with van der Waals surface area (Å²) in [5.41, 5.74) is 0.784. The van der Waals surface area contributed by atoms with Crippen molar-refractivity contribution < 1.29 is 14.2 Å². The van der Waals surface area contributed by atoms with Gasteiger partial charge >= 0.3 is 0 Å². The molecule has 2 rings (SSSR count). The van der Waals surface area contributed by atoms with E-state index in [4.69, 9.17) is 37.4 Å². The normalized spacial score (nSPS) is 17.7. The van der Waals surface area contributed by atoms with E-state index in [0.717, 1.165) is 18.4 Å². The molecule has 19 heavy (non-hydrogen) atoms. The van der Waals surface area contributed by atoms with Gasteiger partial charge in [-0.3, -0.25) is 0 Å². The van der Waals surface area contributed by atoms with E-state index < -0.39 is 5.79 Å². The minimum atomic E-state index is -0.784. The molecule has 0 bridgehead atoms. The van der Waals surface area contributed by atoms with Gasteiger partial charge in [0.05, 0.1) is 30.4 Å². The lowest BCUT2D eigenvalue weighted by molar-refractivity contribution is -0.171. The highest BCUT2D eigenvalue weighted by molar-refractivity contribution is 6.35. The second kappa shape index (κ2) is 6.31. The quantitative estimate of drug-likeness (QED) is 0.807. The molecule has 0 N–H and O–H groups in total. The summed E-state index contributed by atoms with van der Waals surface area (Å²) in [7, 11) is 0. The van der Waals surface area contributed by atoms with E-state index in [-0.39, 0.29) is 0 Å². The summed E-state index contributed by atoms with van der Waals surface area (Å²) in [5, 5.41) is 1.04. The predicted octanol–water partition coefficient (Wildman–Crippen LogP) is 4.39. The van der Waals surface area contributed by atoms with Crippen LogP contribution in [0, 0.1) is 0 Å². The fraction of sp³-hybridized carbons (Fsp3) is 0.571. The second-order valence-electron chi connectivity index (χ2n) is 4.40. The highest BCUT2D eigenvalue weighted by Gasteiger charge is 2.41. The van der Waals surface area contributed by atoms with Crippen molar-refractivity contribution in [1.82, 2.24) is 0 Å². The first-order chi connectivity index (χ1) is 9.13. The van der Waals surface area contributed by atoms with Gasteiger partial charge in [0.25, 0.3) is 0 Å². The number of hydrogen-bond acceptors (Lipinski definition) is 3. The van der Waals surface area contributed by atoms with E-state index in [1.807, 2.05) is 13.0 Å². The van der Waals surface area contributed by atoms with Crippen LogP contribution in [0.3, 0.4) is 0 Å². The van der Waals surface area contributed by atoms with Gasteiger partial charge in [0.1, 0.15) is 5.75 Å². The van der Waals surface area contributed by atoms with Crippen molar-refractivity contribution in [2.24, 2.45) is 0 Å². The topological polar surface area (TPSA) is 27.7 Å². The Bertz CT molecular complexity index is 443. The Kier molecular flexibility index (Phi) is 4.96. The number of ether oxygens (including phenoxy) is 3. The van der Waals surface area contributed by atoms with Crippen LogP contribution in [0.1, 0.15) is 32.3 Å². The molecule has 0 unspecified atom stereocenters. The molecular weight excluding hydrogens is 287 g/mol. The van der Waals surface area contributed by atoms with E-state index in [2.05, 4.69) is 6.92 Å². The zero-order valence-electron chi connectivity index (χ0n) is 11.2. The fourth-order valence-electron chi connectivity index (χ4n) is 2.35. The van der Waals surface area contributed by atoms with Crippen LogP contribution in [0.4, 0.5) is 0 Å². The first-order valence-corrected chi connectivity index (χ1v) is 7.28. The Morgan fingerprint density at radius 3 is 2.47 bits per heavy atom. The smallest absolute Gasteiger partial charge is 0.198 e. The predicted molar refractivity (Wildman–Crippen MR) is 76.1 cm³/mol.